The zero-order valence-corrected chi connectivity index (χ0v) is 15.1. The predicted molar refractivity (Wildman–Crippen MR) is 97.2 cm³/mol. The van der Waals surface area contributed by atoms with E-state index in [1.165, 1.54) is 0 Å². The summed E-state index contributed by atoms with van der Waals surface area (Å²) in [6, 6.07) is 3.91. The molecule has 4 rings (SSSR count). The summed E-state index contributed by atoms with van der Waals surface area (Å²) >= 11 is 0. The molecule has 0 saturated carbocycles. The molecule has 0 fully saturated rings. The lowest BCUT2D eigenvalue weighted by Crippen LogP contribution is -2.35. The maximum absolute atomic E-state index is 12.7. The number of H-pyrrole nitrogens is 2. The quantitative estimate of drug-likeness (QED) is 0.685. The third kappa shape index (κ3) is 3.53. The Kier molecular flexibility index (Phi) is 4.57. The number of fused-ring (bicyclic) bond motifs is 1. The van der Waals surface area contributed by atoms with Crippen molar-refractivity contribution >= 4 is 5.91 Å². The Labute approximate surface area is 155 Å². The molecule has 9 nitrogen and oxygen atoms in total. The Morgan fingerprint density at radius 3 is 2.85 bits per heavy atom. The van der Waals surface area contributed by atoms with Crippen LogP contribution < -0.4 is 5.56 Å². The lowest BCUT2D eigenvalue weighted by atomic mass is 10.1. The third-order valence-corrected chi connectivity index (χ3v) is 4.96. The zero-order chi connectivity index (χ0) is 18.8. The maximum atomic E-state index is 12.7. The van der Waals surface area contributed by atoms with Crippen LogP contribution in [0.5, 0.6) is 0 Å². The van der Waals surface area contributed by atoms with Gasteiger partial charge in [-0.05, 0) is 18.6 Å². The monoisotopic (exact) mass is 367 g/mol. The van der Waals surface area contributed by atoms with Crippen LogP contribution in [0.4, 0.5) is 0 Å². The maximum Gasteiger partial charge on any atom is 0.267 e. The topological polar surface area (TPSA) is 113 Å². The van der Waals surface area contributed by atoms with Crippen molar-refractivity contribution in [3.05, 3.63) is 63.3 Å². The van der Waals surface area contributed by atoms with Gasteiger partial charge in [-0.1, -0.05) is 6.07 Å². The molecular formula is C18H21N7O2. The largest absolute Gasteiger partial charge is 0.340 e. The Balaban J connectivity index is 1.46. The highest BCUT2D eigenvalue weighted by Crippen LogP contribution is 2.14. The van der Waals surface area contributed by atoms with Gasteiger partial charge in [0.15, 0.2) is 0 Å². The normalized spacial score (nSPS) is 14.0. The van der Waals surface area contributed by atoms with Crippen LogP contribution >= 0.6 is 0 Å². The van der Waals surface area contributed by atoms with Crippen LogP contribution in [0, 0.1) is 6.92 Å². The van der Waals surface area contributed by atoms with E-state index in [0.29, 0.717) is 43.7 Å². The minimum atomic E-state index is -0.230. The smallest absolute Gasteiger partial charge is 0.267 e. The number of amides is 1. The van der Waals surface area contributed by atoms with E-state index in [4.69, 9.17) is 0 Å². The van der Waals surface area contributed by atoms with Crippen LogP contribution in [0.3, 0.4) is 0 Å². The average molecular weight is 367 g/mol. The van der Waals surface area contributed by atoms with Crippen LogP contribution in [0.1, 0.15) is 28.5 Å². The Morgan fingerprint density at radius 2 is 2.11 bits per heavy atom. The highest BCUT2D eigenvalue weighted by atomic mass is 16.2. The standard InChI is InChI=1S/C18H21N7O2/c1-12-14(18(27)23-20-12)10-17(26)24-6-4-15-21-22-16(25(15)8-7-24)9-13-3-2-5-19-11-13/h2-3,5,11H,4,6-10H2,1H3,(H2,20,23,27). The molecule has 0 saturated heterocycles. The van der Waals surface area contributed by atoms with Gasteiger partial charge in [0.25, 0.3) is 5.56 Å². The summed E-state index contributed by atoms with van der Waals surface area (Å²) in [5.74, 6) is 1.72. The van der Waals surface area contributed by atoms with Crippen molar-refractivity contribution in [1.82, 2.24) is 34.8 Å². The van der Waals surface area contributed by atoms with Gasteiger partial charge in [0.2, 0.25) is 5.91 Å². The molecule has 0 atom stereocenters. The SMILES string of the molecule is Cc1[nH][nH]c(=O)c1CC(=O)N1CCc2nnc(Cc3cccnc3)n2CC1. The van der Waals surface area contributed by atoms with Crippen molar-refractivity contribution in [1.29, 1.82) is 0 Å². The molecule has 0 unspecified atom stereocenters. The minimum absolute atomic E-state index is 0.0456. The number of aryl methyl sites for hydroxylation is 1. The first-order chi connectivity index (χ1) is 13.1. The average Bonchev–Trinajstić information content (AvgIpc) is 3.11. The van der Waals surface area contributed by atoms with Gasteiger partial charge in [-0.15, -0.1) is 10.2 Å². The van der Waals surface area contributed by atoms with Gasteiger partial charge < -0.3 is 14.6 Å². The van der Waals surface area contributed by atoms with Gasteiger partial charge >= 0.3 is 0 Å². The first kappa shape index (κ1) is 17.2. The van der Waals surface area contributed by atoms with Gasteiger partial charge in [0.1, 0.15) is 11.6 Å². The van der Waals surface area contributed by atoms with Crippen LogP contribution in [-0.2, 0) is 30.6 Å². The van der Waals surface area contributed by atoms with Crippen LogP contribution in [-0.4, -0.2) is 53.8 Å². The molecule has 2 N–H and O–H groups in total. The molecule has 0 aromatic carbocycles. The molecule has 0 radical (unpaired) electrons. The molecule has 1 aliphatic heterocycles. The van der Waals surface area contributed by atoms with Gasteiger partial charge in [-0.2, -0.15) is 0 Å². The van der Waals surface area contributed by atoms with E-state index < -0.39 is 0 Å². The molecule has 3 aromatic heterocycles. The van der Waals surface area contributed by atoms with Crippen molar-refractivity contribution in [3.63, 3.8) is 0 Å². The van der Waals surface area contributed by atoms with Crippen molar-refractivity contribution in [2.45, 2.75) is 32.7 Å². The molecule has 27 heavy (non-hydrogen) atoms. The van der Waals surface area contributed by atoms with Crippen molar-refractivity contribution in [2.75, 3.05) is 13.1 Å². The molecule has 4 heterocycles. The lowest BCUT2D eigenvalue weighted by Gasteiger charge is -2.20. The summed E-state index contributed by atoms with van der Waals surface area (Å²) in [6.07, 6.45) is 4.98. The van der Waals surface area contributed by atoms with E-state index in [0.717, 1.165) is 17.2 Å². The van der Waals surface area contributed by atoms with Gasteiger partial charge in [-0.3, -0.25) is 19.7 Å². The number of aromatic amines is 2. The van der Waals surface area contributed by atoms with E-state index in [2.05, 4.69) is 29.9 Å². The van der Waals surface area contributed by atoms with Crippen LogP contribution in [0.2, 0.25) is 0 Å². The highest BCUT2D eigenvalue weighted by molar-refractivity contribution is 5.79. The number of carbonyl (C=O) groups is 1. The second-order valence-corrected chi connectivity index (χ2v) is 6.71. The summed E-state index contributed by atoms with van der Waals surface area (Å²) < 4.78 is 2.09. The molecule has 0 aliphatic carbocycles. The summed E-state index contributed by atoms with van der Waals surface area (Å²) in [7, 11) is 0. The van der Waals surface area contributed by atoms with Crippen LogP contribution in [0.15, 0.2) is 29.3 Å². The van der Waals surface area contributed by atoms with E-state index >= 15 is 0 Å². The number of carbonyl (C=O) groups excluding carboxylic acids is 1. The second-order valence-electron chi connectivity index (χ2n) is 6.71. The molecule has 9 heteroatoms. The number of pyridine rings is 1. The van der Waals surface area contributed by atoms with E-state index in [-0.39, 0.29) is 17.9 Å². The zero-order valence-electron chi connectivity index (χ0n) is 15.1. The molecule has 3 aromatic rings. The van der Waals surface area contributed by atoms with E-state index in [1.807, 2.05) is 18.3 Å². The van der Waals surface area contributed by atoms with Crippen molar-refractivity contribution < 1.29 is 4.79 Å². The first-order valence-electron chi connectivity index (χ1n) is 8.95. The van der Waals surface area contributed by atoms with E-state index in [9.17, 15) is 9.59 Å². The fourth-order valence-corrected chi connectivity index (χ4v) is 3.40. The van der Waals surface area contributed by atoms with Gasteiger partial charge in [0, 0.05) is 56.1 Å². The number of nitrogens with one attached hydrogen (secondary N) is 2. The van der Waals surface area contributed by atoms with Gasteiger partial charge in [0.05, 0.1) is 6.42 Å². The summed E-state index contributed by atoms with van der Waals surface area (Å²) in [5, 5.41) is 13.9. The van der Waals surface area contributed by atoms with Gasteiger partial charge in [-0.25, -0.2) is 0 Å². The number of aromatic nitrogens is 6. The molecular weight excluding hydrogens is 346 g/mol. The second kappa shape index (κ2) is 7.18. The van der Waals surface area contributed by atoms with Crippen molar-refractivity contribution in [2.24, 2.45) is 0 Å². The number of rotatable bonds is 4. The highest BCUT2D eigenvalue weighted by Gasteiger charge is 2.23. The number of hydrogen-bond donors (Lipinski definition) is 2. The Morgan fingerprint density at radius 1 is 1.22 bits per heavy atom. The number of nitrogens with zero attached hydrogens (tertiary/aromatic N) is 5. The van der Waals surface area contributed by atoms with Crippen molar-refractivity contribution in [3.8, 4) is 0 Å². The third-order valence-electron chi connectivity index (χ3n) is 4.96. The van der Waals surface area contributed by atoms with Crippen LogP contribution in [0.25, 0.3) is 0 Å². The van der Waals surface area contributed by atoms with E-state index in [1.54, 1.807) is 18.0 Å². The molecule has 1 amide bonds. The summed E-state index contributed by atoms with van der Waals surface area (Å²) in [6.45, 7) is 3.58. The fraction of sp³-hybridized carbons (Fsp3) is 0.389. The molecule has 0 bridgehead atoms. The lowest BCUT2D eigenvalue weighted by molar-refractivity contribution is -0.130. The fourth-order valence-electron chi connectivity index (χ4n) is 3.40. The minimum Gasteiger partial charge on any atom is -0.340 e. The predicted octanol–water partition coefficient (Wildman–Crippen LogP) is 0.216. The summed E-state index contributed by atoms with van der Waals surface area (Å²) in [4.78, 5) is 30.4. The molecule has 0 spiro atoms. The molecule has 1 aliphatic rings. The Bertz CT molecular complexity index is 1000. The first-order valence-corrected chi connectivity index (χ1v) is 8.95. The Hall–Kier alpha value is -3.23. The molecule has 140 valence electrons. The number of hydrogen-bond acceptors (Lipinski definition) is 5. The summed E-state index contributed by atoms with van der Waals surface area (Å²) in [5.41, 5.74) is 2.05.